The third kappa shape index (κ3) is 2.79. The molecule has 2 rings (SSSR count). The first-order valence-electron chi connectivity index (χ1n) is 6.07. The maximum absolute atomic E-state index is 10.3. The van der Waals surface area contributed by atoms with E-state index in [4.69, 9.17) is 9.84 Å². The molecule has 0 radical (unpaired) electrons. The molecule has 19 heavy (non-hydrogen) atoms. The van der Waals surface area contributed by atoms with Crippen molar-refractivity contribution in [3.8, 4) is 0 Å². The van der Waals surface area contributed by atoms with E-state index in [1.165, 1.54) is 0 Å². The summed E-state index contributed by atoms with van der Waals surface area (Å²) in [6, 6.07) is 8.81. The van der Waals surface area contributed by atoms with Crippen molar-refractivity contribution in [2.24, 2.45) is 0 Å². The molecule has 6 heteroatoms. The van der Waals surface area contributed by atoms with Crippen LogP contribution in [0.1, 0.15) is 5.56 Å². The maximum Gasteiger partial charge on any atom is 0.199 e. The summed E-state index contributed by atoms with van der Waals surface area (Å²) in [7, 11) is 0. The van der Waals surface area contributed by atoms with Crippen LogP contribution in [0.4, 0.5) is 0 Å². The van der Waals surface area contributed by atoms with Crippen LogP contribution in [0.2, 0.25) is 0 Å². The Hall–Kier alpha value is -1.02. The summed E-state index contributed by atoms with van der Waals surface area (Å²) in [5, 5.41) is 48.6. The first-order valence-corrected chi connectivity index (χ1v) is 6.07. The number of aliphatic hydroxyl groups is 5. The molecule has 1 saturated heterocycles. The minimum atomic E-state index is -2.05. The molecule has 106 valence electrons. The fourth-order valence-corrected chi connectivity index (χ4v) is 2.25. The molecule has 0 aromatic heterocycles. The van der Waals surface area contributed by atoms with Crippen molar-refractivity contribution in [3.63, 3.8) is 0 Å². The van der Waals surface area contributed by atoms with Crippen molar-refractivity contribution in [1.29, 1.82) is 0 Å². The molecule has 5 atom stereocenters. The predicted molar refractivity (Wildman–Crippen MR) is 65.1 cm³/mol. The summed E-state index contributed by atoms with van der Waals surface area (Å²) in [5.74, 6) is -2.05. The average Bonchev–Trinajstić information content (AvgIpc) is 2.42. The lowest BCUT2D eigenvalue weighted by Gasteiger charge is -2.45. The van der Waals surface area contributed by atoms with Gasteiger partial charge in [0.2, 0.25) is 0 Å². The fraction of sp³-hybridized carbons (Fsp3) is 0.538. The van der Waals surface area contributed by atoms with E-state index in [1.54, 1.807) is 30.3 Å². The lowest BCUT2D eigenvalue weighted by atomic mass is 9.89. The molecule has 0 aliphatic carbocycles. The third-order valence-corrected chi connectivity index (χ3v) is 3.35. The Kier molecular flexibility index (Phi) is 4.19. The van der Waals surface area contributed by atoms with Crippen LogP contribution in [0.15, 0.2) is 30.3 Å². The zero-order chi connectivity index (χ0) is 14.0. The molecule has 5 N–H and O–H groups in total. The van der Waals surface area contributed by atoms with E-state index >= 15 is 0 Å². The van der Waals surface area contributed by atoms with Crippen LogP contribution >= 0.6 is 0 Å². The van der Waals surface area contributed by atoms with Crippen molar-refractivity contribution >= 4 is 0 Å². The Morgan fingerprint density at radius 3 is 2.26 bits per heavy atom. The summed E-state index contributed by atoms with van der Waals surface area (Å²) < 4.78 is 5.17. The lowest BCUT2D eigenvalue weighted by molar-refractivity contribution is -0.348. The molecule has 1 aromatic rings. The van der Waals surface area contributed by atoms with Gasteiger partial charge in [0.25, 0.3) is 0 Å². The average molecular weight is 270 g/mol. The summed E-state index contributed by atoms with van der Waals surface area (Å²) in [6.45, 7) is -0.567. The molecular formula is C13H18O6. The Bertz CT molecular complexity index is 409. The third-order valence-electron chi connectivity index (χ3n) is 3.35. The standard InChI is InChI=1S/C13H18O6/c14-7-9-10(15)11(16)12(17)13(18,19-9)6-8-4-2-1-3-5-8/h1-5,9-12,14-18H,6-7H2/t9-,10+,11+,12-,13?/m1/s1. The number of benzene rings is 1. The van der Waals surface area contributed by atoms with Crippen LogP contribution in [0.3, 0.4) is 0 Å². The van der Waals surface area contributed by atoms with Crippen molar-refractivity contribution in [2.75, 3.05) is 6.61 Å². The van der Waals surface area contributed by atoms with E-state index in [-0.39, 0.29) is 6.42 Å². The number of hydrogen-bond acceptors (Lipinski definition) is 6. The highest BCUT2D eigenvalue weighted by Crippen LogP contribution is 2.30. The van der Waals surface area contributed by atoms with Crippen molar-refractivity contribution < 1.29 is 30.3 Å². The number of rotatable bonds is 3. The molecule has 1 fully saturated rings. The van der Waals surface area contributed by atoms with Gasteiger partial charge in [0, 0.05) is 6.42 Å². The van der Waals surface area contributed by atoms with Crippen LogP contribution in [0.25, 0.3) is 0 Å². The second kappa shape index (κ2) is 5.54. The van der Waals surface area contributed by atoms with E-state index < -0.39 is 36.8 Å². The van der Waals surface area contributed by atoms with Gasteiger partial charge in [-0.25, -0.2) is 0 Å². The number of ether oxygens (including phenoxy) is 1. The van der Waals surface area contributed by atoms with E-state index in [1.807, 2.05) is 0 Å². The highest BCUT2D eigenvalue weighted by atomic mass is 16.7. The molecule has 1 aliphatic rings. The van der Waals surface area contributed by atoms with E-state index in [2.05, 4.69) is 0 Å². The van der Waals surface area contributed by atoms with E-state index in [0.717, 1.165) is 0 Å². The molecule has 0 spiro atoms. The van der Waals surface area contributed by atoms with Gasteiger partial charge < -0.3 is 30.3 Å². The molecular weight excluding hydrogens is 252 g/mol. The molecule has 1 aliphatic heterocycles. The van der Waals surface area contributed by atoms with Gasteiger partial charge in [0.15, 0.2) is 5.79 Å². The zero-order valence-corrected chi connectivity index (χ0v) is 10.3. The SMILES string of the molecule is OC[C@H]1OC(O)(Cc2ccccc2)[C@H](O)[C@@H](O)[C@H]1O. The van der Waals surface area contributed by atoms with Gasteiger partial charge in [-0.15, -0.1) is 0 Å². The summed E-state index contributed by atoms with van der Waals surface area (Å²) in [6.07, 6.45) is -5.90. The minimum absolute atomic E-state index is 0.0602. The topological polar surface area (TPSA) is 110 Å². The van der Waals surface area contributed by atoms with Gasteiger partial charge in [-0.05, 0) is 5.56 Å². The van der Waals surface area contributed by atoms with Crippen molar-refractivity contribution in [3.05, 3.63) is 35.9 Å². The second-order valence-electron chi connectivity index (χ2n) is 4.77. The second-order valence-corrected chi connectivity index (χ2v) is 4.77. The Labute approximate surface area is 110 Å². The quantitative estimate of drug-likeness (QED) is 0.452. The summed E-state index contributed by atoms with van der Waals surface area (Å²) in [4.78, 5) is 0. The van der Waals surface area contributed by atoms with Crippen LogP contribution in [-0.4, -0.2) is 62.3 Å². The van der Waals surface area contributed by atoms with Crippen LogP contribution in [-0.2, 0) is 11.2 Å². The van der Waals surface area contributed by atoms with Crippen LogP contribution < -0.4 is 0 Å². The van der Waals surface area contributed by atoms with Gasteiger partial charge >= 0.3 is 0 Å². The minimum Gasteiger partial charge on any atom is -0.394 e. The van der Waals surface area contributed by atoms with Crippen molar-refractivity contribution in [2.45, 2.75) is 36.6 Å². The zero-order valence-electron chi connectivity index (χ0n) is 10.3. The largest absolute Gasteiger partial charge is 0.394 e. The van der Waals surface area contributed by atoms with Crippen LogP contribution in [0.5, 0.6) is 0 Å². The fourth-order valence-electron chi connectivity index (χ4n) is 2.25. The Balaban J connectivity index is 2.21. The van der Waals surface area contributed by atoms with Gasteiger partial charge in [0.1, 0.15) is 24.4 Å². The smallest absolute Gasteiger partial charge is 0.199 e. The molecule has 1 heterocycles. The molecule has 0 bridgehead atoms. The Morgan fingerprint density at radius 2 is 1.68 bits per heavy atom. The van der Waals surface area contributed by atoms with Gasteiger partial charge in [-0.2, -0.15) is 0 Å². The van der Waals surface area contributed by atoms with Gasteiger partial charge in [0.05, 0.1) is 6.61 Å². The molecule has 1 unspecified atom stereocenters. The van der Waals surface area contributed by atoms with E-state index in [0.29, 0.717) is 5.56 Å². The van der Waals surface area contributed by atoms with Gasteiger partial charge in [-0.3, -0.25) is 0 Å². The summed E-state index contributed by atoms with van der Waals surface area (Å²) >= 11 is 0. The molecule has 0 saturated carbocycles. The molecule has 1 aromatic carbocycles. The highest BCUT2D eigenvalue weighted by molar-refractivity contribution is 5.17. The highest BCUT2D eigenvalue weighted by Gasteiger charge is 2.52. The number of hydrogen-bond donors (Lipinski definition) is 5. The Morgan fingerprint density at radius 1 is 1.05 bits per heavy atom. The predicted octanol–water partition coefficient (Wildman–Crippen LogP) is -1.61. The molecule has 6 nitrogen and oxygen atoms in total. The van der Waals surface area contributed by atoms with Crippen molar-refractivity contribution in [1.82, 2.24) is 0 Å². The normalized spacial score (nSPS) is 39.2. The summed E-state index contributed by atoms with van der Waals surface area (Å²) in [5.41, 5.74) is 0.698. The molecule has 0 amide bonds. The first-order chi connectivity index (χ1) is 8.98. The number of aliphatic hydroxyl groups excluding tert-OH is 4. The first kappa shape index (κ1) is 14.4. The lowest BCUT2D eigenvalue weighted by Crippen LogP contribution is -2.65. The monoisotopic (exact) mass is 270 g/mol. The maximum atomic E-state index is 10.3. The van der Waals surface area contributed by atoms with E-state index in [9.17, 15) is 20.4 Å². The van der Waals surface area contributed by atoms with Gasteiger partial charge in [-0.1, -0.05) is 30.3 Å². The van der Waals surface area contributed by atoms with Crippen LogP contribution in [0, 0.1) is 0 Å².